The number of benzene rings is 1. The molecule has 0 saturated heterocycles. The van der Waals surface area contributed by atoms with Crippen molar-refractivity contribution in [1.82, 2.24) is 0 Å². The first-order chi connectivity index (χ1) is 8.36. The monoisotopic (exact) mass is 272 g/mol. The predicted octanol–water partition coefficient (Wildman–Crippen LogP) is 1.25. The van der Waals surface area contributed by atoms with Gasteiger partial charge in [-0.15, -0.1) is 0 Å². The van der Waals surface area contributed by atoms with Gasteiger partial charge in [0, 0.05) is 12.8 Å². The molecule has 0 radical (unpaired) electrons. The van der Waals surface area contributed by atoms with Crippen LogP contribution in [0.4, 0.5) is 11.4 Å². The van der Waals surface area contributed by atoms with Gasteiger partial charge in [0.2, 0.25) is 0 Å². The van der Waals surface area contributed by atoms with E-state index in [2.05, 4.69) is 5.32 Å². The van der Waals surface area contributed by atoms with E-state index in [9.17, 15) is 13.5 Å². The zero-order valence-electron chi connectivity index (χ0n) is 10.7. The van der Waals surface area contributed by atoms with Crippen LogP contribution in [0.5, 0.6) is 0 Å². The van der Waals surface area contributed by atoms with Crippen LogP contribution in [0.25, 0.3) is 0 Å². The lowest BCUT2D eigenvalue weighted by Crippen LogP contribution is -2.20. The number of nitrogens with one attached hydrogen (secondary N) is 1. The summed E-state index contributed by atoms with van der Waals surface area (Å²) in [6.45, 7) is 2.34. The van der Waals surface area contributed by atoms with E-state index in [1.807, 2.05) is 6.92 Å². The number of sulfone groups is 1. The van der Waals surface area contributed by atoms with Gasteiger partial charge < -0.3 is 16.2 Å². The highest BCUT2D eigenvalue weighted by Crippen LogP contribution is 2.26. The number of nitrogens with two attached hydrogens (primary N) is 1. The van der Waals surface area contributed by atoms with Crippen LogP contribution in [-0.4, -0.2) is 32.4 Å². The summed E-state index contributed by atoms with van der Waals surface area (Å²) in [6.07, 6.45) is 2.24. The molecule has 0 aromatic heterocycles. The third-order valence-electron chi connectivity index (χ3n) is 2.62. The lowest BCUT2D eigenvalue weighted by Gasteiger charge is -2.15. The molecule has 0 spiro atoms. The molecule has 0 heterocycles. The molecule has 1 rings (SSSR count). The molecule has 18 heavy (non-hydrogen) atoms. The number of anilines is 2. The van der Waals surface area contributed by atoms with Crippen molar-refractivity contribution in [3.05, 3.63) is 18.2 Å². The maximum absolute atomic E-state index is 11.5. The molecule has 0 aliphatic heterocycles. The summed E-state index contributed by atoms with van der Waals surface area (Å²) in [7, 11) is -3.33. The van der Waals surface area contributed by atoms with Gasteiger partial charge in [-0.2, -0.15) is 0 Å². The van der Waals surface area contributed by atoms with E-state index in [-0.39, 0.29) is 10.6 Å². The molecule has 6 heteroatoms. The van der Waals surface area contributed by atoms with Crippen LogP contribution in [0.2, 0.25) is 0 Å². The fourth-order valence-corrected chi connectivity index (χ4v) is 2.52. The summed E-state index contributed by atoms with van der Waals surface area (Å²) in [5.41, 5.74) is 6.54. The van der Waals surface area contributed by atoms with Gasteiger partial charge in [-0.25, -0.2) is 8.42 Å². The van der Waals surface area contributed by atoms with Crippen LogP contribution in [-0.2, 0) is 9.84 Å². The molecule has 1 aromatic carbocycles. The summed E-state index contributed by atoms with van der Waals surface area (Å²) in [6, 6.07) is 4.79. The Balaban J connectivity index is 2.85. The number of para-hydroxylation sites is 1. The van der Waals surface area contributed by atoms with Gasteiger partial charge in [-0.05, 0) is 18.6 Å². The molecule has 0 aliphatic carbocycles. The van der Waals surface area contributed by atoms with E-state index in [0.717, 1.165) is 12.7 Å². The summed E-state index contributed by atoms with van der Waals surface area (Å²) >= 11 is 0. The molecule has 4 N–H and O–H groups in total. The average Bonchev–Trinajstić information content (AvgIpc) is 2.26. The molecule has 0 bridgehead atoms. The van der Waals surface area contributed by atoms with Crippen molar-refractivity contribution >= 4 is 21.2 Å². The van der Waals surface area contributed by atoms with Crippen LogP contribution >= 0.6 is 0 Å². The van der Waals surface area contributed by atoms with Crippen molar-refractivity contribution in [2.24, 2.45) is 0 Å². The summed E-state index contributed by atoms with van der Waals surface area (Å²) in [5.74, 6) is 0. The smallest absolute Gasteiger partial charge is 0.177 e. The van der Waals surface area contributed by atoms with E-state index in [1.165, 1.54) is 6.07 Å². The van der Waals surface area contributed by atoms with Gasteiger partial charge in [0.15, 0.2) is 9.84 Å². The Kier molecular flexibility index (Phi) is 4.98. The van der Waals surface area contributed by atoms with Gasteiger partial charge >= 0.3 is 0 Å². The van der Waals surface area contributed by atoms with E-state index in [0.29, 0.717) is 18.7 Å². The summed E-state index contributed by atoms with van der Waals surface area (Å²) < 4.78 is 23.0. The molecule has 1 atom stereocenters. The van der Waals surface area contributed by atoms with Crippen LogP contribution in [0.15, 0.2) is 23.1 Å². The Morgan fingerprint density at radius 3 is 2.67 bits per heavy atom. The predicted molar refractivity (Wildman–Crippen MR) is 73.4 cm³/mol. The van der Waals surface area contributed by atoms with Crippen molar-refractivity contribution in [3.8, 4) is 0 Å². The molecular formula is C12H20N2O3S. The van der Waals surface area contributed by atoms with Crippen LogP contribution in [0.1, 0.15) is 19.8 Å². The van der Waals surface area contributed by atoms with Gasteiger partial charge in [0.05, 0.1) is 22.4 Å². The van der Waals surface area contributed by atoms with Crippen molar-refractivity contribution in [1.29, 1.82) is 0 Å². The van der Waals surface area contributed by atoms with E-state index < -0.39 is 15.9 Å². The lowest BCUT2D eigenvalue weighted by molar-refractivity contribution is 0.176. The molecule has 0 amide bonds. The molecule has 0 saturated carbocycles. The van der Waals surface area contributed by atoms with Crippen LogP contribution in [0, 0.1) is 0 Å². The zero-order chi connectivity index (χ0) is 13.8. The molecule has 5 nitrogen and oxygen atoms in total. The molecule has 1 aromatic rings. The number of aliphatic hydroxyl groups is 1. The topological polar surface area (TPSA) is 92.4 Å². The van der Waals surface area contributed by atoms with Crippen molar-refractivity contribution in [2.45, 2.75) is 30.8 Å². The van der Waals surface area contributed by atoms with Gasteiger partial charge in [-0.3, -0.25) is 0 Å². The maximum Gasteiger partial charge on any atom is 0.177 e. The number of nitrogen functional groups attached to an aromatic ring is 1. The first-order valence-corrected chi connectivity index (χ1v) is 7.76. The minimum Gasteiger partial charge on any atom is -0.396 e. The lowest BCUT2D eigenvalue weighted by atomic mass is 10.2. The highest BCUT2D eigenvalue weighted by Gasteiger charge is 2.14. The second-order valence-corrected chi connectivity index (χ2v) is 6.30. The molecule has 102 valence electrons. The SMILES string of the molecule is CCCC(O)CNc1cccc(S(C)(=O)=O)c1N. The fraction of sp³-hybridized carbons (Fsp3) is 0.500. The largest absolute Gasteiger partial charge is 0.396 e. The molecule has 0 fully saturated rings. The number of hydrogen-bond donors (Lipinski definition) is 3. The minimum atomic E-state index is -3.33. The molecule has 1 unspecified atom stereocenters. The van der Waals surface area contributed by atoms with E-state index in [1.54, 1.807) is 12.1 Å². The first kappa shape index (κ1) is 14.8. The van der Waals surface area contributed by atoms with E-state index in [4.69, 9.17) is 5.73 Å². The Morgan fingerprint density at radius 1 is 1.44 bits per heavy atom. The second kappa shape index (κ2) is 6.06. The summed E-state index contributed by atoms with van der Waals surface area (Å²) in [5, 5.41) is 12.6. The summed E-state index contributed by atoms with van der Waals surface area (Å²) in [4.78, 5) is 0.109. The normalized spacial score (nSPS) is 13.3. The van der Waals surface area contributed by atoms with Gasteiger partial charge in [0.1, 0.15) is 0 Å². The van der Waals surface area contributed by atoms with Gasteiger partial charge in [-0.1, -0.05) is 19.4 Å². The Labute approximate surface area is 108 Å². The number of aliphatic hydroxyl groups excluding tert-OH is 1. The Bertz CT molecular complexity index is 500. The highest BCUT2D eigenvalue weighted by atomic mass is 32.2. The number of rotatable bonds is 6. The van der Waals surface area contributed by atoms with Crippen LogP contribution < -0.4 is 11.1 Å². The quantitative estimate of drug-likeness (QED) is 0.678. The third kappa shape index (κ3) is 3.89. The first-order valence-electron chi connectivity index (χ1n) is 5.86. The second-order valence-electron chi connectivity index (χ2n) is 4.31. The Morgan fingerprint density at radius 2 is 2.11 bits per heavy atom. The van der Waals surface area contributed by atoms with Crippen molar-refractivity contribution < 1.29 is 13.5 Å². The average molecular weight is 272 g/mol. The van der Waals surface area contributed by atoms with Gasteiger partial charge in [0.25, 0.3) is 0 Å². The maximum atomic E-state index is 11.5. The molecular weight excluding hydrogens is 252 g/mol. The molecule has 0 aliphatic rings. The number of hydrogen-bond acceptors (Lipinski definition) is 5. The Hall–Kier alpha value is -1.27. The van der Waals surface area contributed by atoms with E-state index >= 15 is 0 Å². The standard InChI is InChI=1S/C12H20N2O3S/c1-3-5-9(15)8-14-10-6-4-7-11(12(10)13)18(2,16)17/h4,6-7,9,14-15H,3,5,8,13H2,1-2H3. The minimum absolute atomic E-state index is 0.109. The highest BCUT2D eigenvalue weighted by molar-refractivity contribution is 7.90. The third-order valence-corrected chi connectivity index (χ3v) is 3.77. The van der Waals surface area contributed by atoms with Crippen molar-refractivity contribution in [2.75, 3.05) is 23.9 Å². The fourth-order valence-electron chi connectivity index (χ4n) is 1.68. The van der Waals surface area contributed by atoms with Crippen LogP contribution in [0.3, 0.4) is 0 Å². The van der Waals surface area contributed by atoms with Crippen molar-refractivity contribution in [3.63, 3.8) is 0 Å². The zero-order valence-corrected chi connectivity index (χ0v) is 11.5.